The van der Waals surface area contributed by atoms with E-state index in [0.29, 0.717) is 19.5 Å². The van der Waals surface area contributed by atoms with E-state index in [9.17, 15) is 9.90 Å². The van der Waals surface area contributed by atoms with Crippen LogP contribution in [0.4, 0.5) is 0 Å². The van der Waals surface area contributed by atoms with Crippen molar-refractivity contribution in [3.8, 4) is 0 Å². The van der Waals surface area contributed by atoms with Crippen LogP contribution in [0, 0.1) is 0 Å². The Morgan fingerprint density at radius 1 is 1.09 bits per heavy atom. The molecular weight excluding hydrogens is 428 g/mol. The van der Waals surface area contributed by atoms with Crippen LogP contribution in [0.2, 0.25) is 0 Å². The van der Waals surface area contributed by atoms with Crippen molar-refractivity contribution in [2.75, 3.05) is 13.6 Å². The van der Waals surface area contributed by atoms with E-state index in [1.54, 1.807) is 0 Å². The van der Waals surface area contributed by atoms with E-state index in [0.717, 1.165) is 54.7 Å². The molecule has 1 saturated heterocycles. The summed E-state index contributed by atoms with van der Waals surface area (Å²) < 4.78 is 11.3. The number of fused-ring (bicyclic) bond motifs is 13. The SMILES string of the molecule is CNC[C@@]1(O)C[C@@H]2O[C@]1(C)n1c3ccccc3c3c4c(c5c6ccccc6n2c5c31)C(=O)NC4. The zero-order chi connectivity index (χ0) is 23.0. The minimum Gasteiger partial charge on any atom is -0.383 e. The van der Waals surface area contributed by atoms with Gasteiger partial charge in [-0.2, -0.15) is 0 Å². The summed E-state index contributed by atoms with van der Waals surface area (Å²) in [5.74, 6) is -0.0233. The van der Waals surface area contributed by atoms with Crippen LogP contribution in [0.25, 0.3) is 43.6 Å². The lowest BCUT2D eigenvalue weighted by Crippen LogP contribution is -2.55. The zero-order valence-electron chi connectivity index (χ0n) is 19.0. The Labute approximate surface area is 194 Å². The van der Waals surface area contributed by atoms with E-state index in [-0.39, 0.29) is 12.1 Å². The van der Waals surface area contributed by atoms with Crippen LogP contribution in [0.15, 0.2) is 48.5 Å². The summed E-state index contributed by atoms with van der Waals surface area (Å²) in [7, 11) is 1.86. The van der Waals surface area contributed by atoms with Gasteiger partial charge in [-0.05, 0) is 31.7 Å². The van der Waals surface area contributed by atoms with Gasteiger partial charge in [0.25, 0.3) is 5.91 Å². The number of rotatable bonds is 2. The van der Waals surface area contributed by atoms with Gasteiger partial charge in [-0.3, -0.25) is 4.79 Å². The zero-order valence-corrected chi connectivity index (χ0v) is 19.0. The number of carbonyl (C=O) groups excluding carboxylic acids is 1. The molecule has 1 fully saturated rings. The molecule has 1 amide bonds. The molecule has 5 aromatic rings. The van der Waals surface area contributed by atoms with Crippen LogP contribution in [0.5, 0.6) is 0 Å². The Kier molecular flexibility index (Phi) is 3.24. The molecule has 0 unspecified atom stereocenters. The van der Waals surface area contributed by atoms with Crippen LogP contribution in [-0.2, 0) is 17.0 Å². The maximum atomic E-state index is 13.2. The molecule has 170 valence electrons. The molecule has 2 aromatic heterocycles. The minimum absolute atomic E-state index is 0.0233. The third-order valence-electron chi connectivity index (χ3n) is 8.44. The smallest absolute Gasteiger partial charge is 0.252 e. The van der Waals surface area contributed by atoms with E-state index in [1.807, 2.05) is 38.2 Å². The lowest BCUT2D eigenvalue weighted by molar-refractivity contribution is -0.175. The van der Waals surface area contributed by atoms with Gasteiger partial charge in [0.15, 0.2) is 5.72 Å². The van der Waals surface area contributed by atoms with Crippen molar-refractivity contribution >= 4 is 49.5 Å². The minimum atomic E-state index is -1.14. The predicted octanol–water partition coefficient (Wildman–Crippen LogP) is 3.70. The van der Waals surface area contributed by atoms with Crippen LogP contribution in [0.1, 0.15) is 35.5 Å². The maximum Gasteiger partial charge on any atom is 0.252 e. The maximum absolute atomic E-state index is 13.2. The van der Waals surface area contributed by atoms with Crippen LogP contribution >= 0.6 is 0 Å². The van der Waals surface area contributed by atoms with Gasteiger partial charge in [-0.1, -0.05) is 36.4 Å². The number of amides is 1. The molecule has 0 spiro atoms. The first-order valence-electron chi connectivity index (χ1n) is 11.8. The molecule has 5 heterocycles. The van der Waals surface area contributed by atoms with Gasteiger partial charge in [0.1, 0.15) is 11.8 Å². The summed E-state index contributed by atoms with van der Waals surface area (Å²) in [5.41, 5.74) is 3.74. The number of nitrogens with zero attached hydrogens (tertiary/aromatic N) is 2. The number of ether oxygens (including phenoxy) is 1. The number of benzene rings is 3. The molecule has 3 atom stereocenters. The summed E-state index contributed by atoms with van der Waals surface area (Å²) in [6.45, 7) is 2.90. The highest BCUT2D eigenvalue weighted by Crippen LogP contribution is 2.57. The summed E-state index contributed by atoms with van der Waals surface area (Å²) in [6, 6.07) is 16.5. The Bertz CT molecular complexity index is 1750. The van der Waals surface area contributed by atoms with Gasteiger partial charge in [0, 0.05) is 41.1 Å². The molecule has 0 aliphatic carbocycles. The number of hydrogen-bond acceptors (Lipinski definition) is 4. The molecule has 3 N–H and O–H groups in total. The number of nitrogens with one attached hydrogen (secondary N) is 2. The molecule has 0 saturated carbocycles. The second-order valence-electron chi connectivity index (χ2n) is 10.0. The van der Waals surface area contributed by atoms with Crippen LogP contribution in [-0.4, -0.2) is 39.3 Å². The molecular formula is C27H24N4O3. The topological polar surface area (TPSA) is 80.4 Å². The van der Waals surface area contributed by atoms with Crippen molar-refractivity contribution in [2.45, 2.75) is 37.4 Å². The third-order valence-corrected chi connectivity index (χ3v) is 8.44. The molecule has 3 aliphatic rings. The largest absolute Gasteiger partial charge is 0.383 e. The van der Waals surface area contributed by atoms with Crippen LogP contribution < -0.4 is 10.6 Å². The average molecular weight is 453 g/mol. The Morgan fingerprint density at radius 3 is 2.56 bits per heavy atom. The monoisotopic (exact) mass is 452 g/mol. The van der Waals surface area contributed by atoms with E-state index in [4.69, 9.17) is 4.74 Å². The van der Waals surface area contributed by atoms with E-state index in [2.05, 4.69) is 44.0 Å². The normalized spacial score (nSPS) is 27.4. The fourth-order valence-electron chi connectivity index (χ4n) is 7.05. The summed E-state index contributed by atoms with van der Waals surface area (Å²) in [5, 5.41) is 22.6. The number of carbonyl (C=O) groups is 1. The van der Waals surface area contributed by atoms with Crippen molar-refractivity contribution < 1.29 is 14.6 Å². The second-order valence-corrected chi connectivity index (χ2v) is 10.0. The van der Waals surface area contributed by atoms with Gasteiger partial charge in [-0.25, -0.2) is 0 Å². The van der Waals surface area contributed by atoms with E-state index in [1.165, 1.54) is 0 Å². The number of likely N-dealkylation sites (N-methyl/N-ethyl adjacent to an activating group) is 1. The summed E-state index contributed by atoms with van der Waals surface area (Å²) in [4.78, 5) is 13.2. The lowest BCUT2D eigenvalue weighted by atomic mass is 9.88. The Hall–Kier alpha value is -3.39. The first-order valence-corrected chi connectivity index (χ1v) is 11.8. The van der Waals surface area contributed by atoms with Crippen molar-refractivity contribution in [3.05, 3.63) is 59.7 Å². The van der Waals surface area contributed by atoms with Gasteiger partial charge < -0.3 is 29.6 Å². The second kappa shape index (κ2) is 5.81. The average Bonchev–Trinajstić information content (AvgIpc) is 3.51. The highest BCUT2D eigenvalue weighted by molar-refractivity contribution is 6.31. The lowest BCUT2D eigenvalue weighted by Gasteiger charge is -2.39. The molecule has 7 nitrogen and oxygen atoms in total. The van der Waals surface area contributed by atoms with E-state index >= 15 is 0 Å². The quantitative estimate of drug-likeness (QED) is 0.382. The molecule has 8 rings (SSSR count). The van der Waals surface area contributed by atoms with E-state index < -0.39 is 11.3 Å². The standard InChI is InChI=1S/C27H24N4O3/c1-26-27(33,13-28-2)11-19(34-26)30-17-9-5-3-7-14(17)21-22-16(12-29-25(22)32)20-15-8-4-6-10-18(15)31(26)24(20)23(21)30/h3-10,19,28,33H,11-13H2,1-2H3,(H,29,32)/t19-,26-,27-/m0/s1. The fraction of sp³-hybridized carbons (Fsp3) is 0.296. The number of aromatic nitrogens is 2. The Balaban J connectivity index is 1.74. The Morgan fingerprint density at radius 2 is 1.79 bits per heavy atom. The number of hydrogen-bond donors (Lipinski definition) is 3. The summed E-state index contributed by atoms with van der Waals surface area (Å²) >= 11 is 0. The first kappa shape index (κ1) is 19.0. The van der Waals surface area contributed by atoms with Crippen molar-refractivity contribution in [1.29, 1.82) is 0 Å². The number of para-hydroxylation sites is 2. The van der Waals surface area contributed by atoms with Gasteiger partial charge in [0.2, 0.25) is 0 Å². The number of aliphatic hydroxyl groups is 1. The highest BCUT2D eigenvalue weighted by Gasteiger charge is 2.60. The predicted molar refractivity (Wildman–Crippen MR) is 131 cm³/mol. The molecule has 2 bridgehead atoms. The third kappa shape index (κ3) is 1.85. The molecule has 0 radical (unpaired) electrons. The fourth-order valence-corrected chi connectivity index (χ4v) is 7.05. The van der Waals surface area contributed by atoms with Crippen molar-refractivity contribution in [1.82, 2.24) is 19.8 Å². The van der Waals surface area contributed by atoms with Crippen molar-refractivity contribution in [3.63, 3.8) is 0 Å². The van der Waals surface area contributed by atoms with Crippen LogP contribution in [0.3, 0.4) is 0 Å². The van der Waals surface area contributed by atoms with Gasteiger partial charge >= 0.3 is 0 Å². The molecule has 7 heteroatoms. The van der Waals surface area contributed by atoms with Gasteiger partial charge in [-0.15, -0.1) is 0 Å². The molecule has 34 heavy (non-hydrogen) atoms. The summed E-state index contributed by atoms with van der Waals surface area (Å²) in [6.07, 6.45) is 0.0737. The van der Waals surface area contributed by atoms with Gasteiger partial charge in [0.05, 0.1) is 27.6 Å². The first-order chi connectivity index (χ1) is 16.5. The molecule has 3 aliphatic heterocycles. The highest BCUT2D eigenvalue weighted by atomic mass is 16.6. The van der Waals surface area contributed by atoms with Crippen molar-refractivity contribution in [2.24, 2.45) is 0 Å². The molecule has 3 aromatic carbocycles.